The Labute approximate surface area is 230 Å². The maximum Gasteiger partial charge on any atom is 0.422 e. The maximum absolute atomic E-state index is 14.4. The average Bonchev–Trinajstić information content (AvgIpc) is 3.15. The summed E-state index contributed by atoms with van der Waals surface area (Å²) in [4.78, 5) is 23.5. The third kappa shape index (κ3) is 5.70. The maximum atomic E-state index is 14.4. The number of nitrogens with zero attached hydrogens (tertiary/aromatic N) is 1. The zero-order chi connectivity index (χ0) is 29.3. The summed E-state index contributed by atoms with van der Waals surface area (Å²) >= 11 is 12.4. The van der Waals surface area contributed by atoms with Crippen LogP contribution < -0.4 is 16.2 Å². The highest BCUT2D eigenvalue weighted by molar-refractivity contribution is 6.35. The van der Waals surface area contributed by atoms with Crippen LogP contribution in [-0.2, 0) is 22.2 Å². The second-order valence-corrected chi connectivity index (χ2v) is 9.23. The summed E-state index contributed by atoms with van der Waals surface area (Å²) in [5, 5.41) is 10.9. The van der Waals surface area contributed by atoms with E-state index in [1.54, 1.807) is 0 Å². The lowest BCUT2D eigenvalue weighted by molar-refractivity contribution is -0.274. The van der Waals surface area contributed by atoms with Gasteiger partial charge >= 0.3 is 17.9 Å². The molecule has 0 unspecified atom stereocenters. The minimum Gasteiger partial charge on any atom is -0.465 e. The first-order valence-corrected chi connectivity index (χ1v) is 11.8. The zero-order valence-corrected chi connectivity index (χ0v) is 22.3. The van der Waals surface area contributed by atoms with Crippen LogP contribution in [-0.4, -0.2) is 28.9 Å². The molecule has 1 aromatic heterocycles. The Hall–Kier alpha value is -3.67. The number of carbonyl (C=O) groups excluding carboxylic acids is 1. The number of methoxy groups -OCH3 is 1. The van der Waals surface area contributed by atoms with Gasteiger partial charge in [0, 0.05) is 24.2 Å². The molecule has 8 nitrogen and oxygen atoms in total. The fourth-order valence-corrected chi connectivity index (χ4v) is 4.52. The van der Waals surface area contributed by atoms with Gasteiger partial charge in [-0.2, -0.15) is 13.2 Å². The van der Waals surface area contributed by atoms with Crippen LogP contribution in [0.1, 0.15) is 24.0 Å². The summed E-state index contributed by atoms with van der Waals surface area (Å²) < 4.78 is 59.4. The lowest BCUT2D eigenvalue weighted by atomic mass is 9.77. The van der Waals surface area contributed by atoms with Gasteiger partial charge in [0.25, 0.3) is 0 Å². The number of fused-ring (bicyclic) bond motifs is 1. The molecular weight excluding hydrogens is 564 g/mol. The smallest absolute Gasteiger partial charge is 0.422 e. The number of allylic oxidation sites excluding steroid dienone is 1. The van der Waals surface area contributed by atoms with E-state index < -0.39 is 35.0 Å². The molecule has 3 aromatic rings. The van der Waals surface area contributed by atoms with Crippen molar-refractivity contribution in [2.45, 2.75) is 24.6 Å². The minimum absolute atomic E-state index is 0.0387. The number of hydrogen-bond donors (Lipinski definition) is 2. The number of hydrogen-bond acceptors (Lipinski definition) is 7. The van der Waals surface area contributed by atoms with Gasteiger partial charge in [-0.1, -0.05) is 48.8 Å². The quantitative estimate of drug-likeness (QED) is 0.158. The summed E-state index contributed by atoms with van der Waals surface area (Å²) in [6, 6.07) is 7.10. The Morgan fingerprint density at radius 3 is 2.49 bits per heavy atom. The summed E-state index contributed by atoms with van der Waals surface area (Å²) in [6.45, 7) is 4.83. The number of aryl methyl sites for hydroxylation is 1. The molecule has 0 aliphatic heterocycles. The Morgan fingerprint density at radius 2 is 1.92 bits per heavy atom. The first kappa shape index (κ1) is 29.9. The van der Waals surface area contributed by atoms with Crippen molar-refractivity contribution in [2.24, 2.45) is 12.8 Å². The van der Waals surface area contributed by atoms with Crippen LogP contribution in [0.25, 0.3) is 11.1 Å². The van der Waals surface area contributed by atoms with Crippen LogP contribution in [0.4, 0.5) is 13.2 Å². The summed E-state index contributed by atoms with van der Waals surface area (Å²) in [6.07, 6.45) is -3.01. The predicted molar refractivity (Wildman–Crippen MR) is 139 cm³/mol. The number of ether oxygens (including phenoxy) is 2. The van der Waals surface area contributed by atoms with Gasteiger partial charge in [0.1, 0.15) is 11.5 Å². The van der Waals surface area contributed by atoms with E-state index in [1.807, 2.05) is 0 Å². The topological polar surface area (TPSA) is 117 Å². The highest BCUT2D eigenvalue weighted by atomic mass is 35.5. The van der Waals surface area contributed by atoms with E-state index >= 15 is 0 Å². The van der Waals surface area contributed by atoms with E-state index in [4.69, 9.17) is 38.1 Å². The van der Waals surface area contributed by atoms with E-state index in [9.17, 15) is 27.9 Å². The van der Waals surface area contributed by atoms with Crippen molar-refractivity contribution in [1.82, 2.24) is 4.57 Å². The number of aliphatic hydroxyl groups is 1. The van der Waals surface area contributed by atoms with Gasteiger partial charge in [-0.25, -0.2) is 9.59 Å². The highest BCUT2D eigenvalue weighted by Gasteiger charge is 2.59. The zero-order valence-electron chi connectivity index (χ0n) is 20.8. The number of esters is 1. The van der Waals surface area contributed by atoms with Crippen LogP contribution >= 0.6 is 23.2 Å². The first-order valence-electron chi connectivity index (χ1n) is 11.1. The predicted octanol–water partition coefficient (Wildman–Crippen LogP) is 5.37. The van der Waals surface area contributed by atoms with Gasteiger partial charge in [-0.15, -0.1) is 0 Å². The average molecular weight is 587 g/mol. The van der Waals surface area contributed by atoms with E-state index in [2.05, 4.69) is 11.3 Å². The largest absolute Gasteiger partial charge is 0.465 e. The summed E-state index contributed by atoms with van der Waals surface area (Å²) in [5.41, 5.74) is 1.45. The van der Waals surface area contributed by atoms with Crippen LogP contribution in [0.2, 0.25) is 5.02 Å². The fourth-order valence-electron chi connectivity index (χ4n) is 3.93. The van der Waals surface area contributed by atoms with Gasteiger partial charge in [-0.3, -0.25) is 4.57 Å². The van der Waals surface area contributed by atoms with Gasteiger partial charge in [0.05, 0.1) is 23.2 Å². The molecule has 0 fully saturated rings. The molecule has 0 bridgehead atoms. The normalized spacial score (nSPS) is 15.1. The second-order valence-electron chi connectivity index (χ2n) is 8.41. The number of halogens is 5. The Balaban J connectivity index is 1.96. The van der Waals surface area contributed by atoms with E-state index in [0.29, 0.717) is 0 Å². The molecule has 13 heteroatoms. The van der Waals surface area contributed by atoms with Crippen molar-refractivity contribution in [3.8, 4) is 5.75 Å². The number of oxazole rings is 1. The number of aromatic nitrogens is 1. The number of benzene rings is 2. The Bertz CT molecular complexity index is 1560. The Kier molecular flexibility index (Phi) is 8.59. The summed E-state index contributed by atoms with van der Waals surface area (Å²) in [5.74, 6) is -3.12. The number of carbonyl (C=O) groups is 1. The monoisotopic (exact) mass is 586 g/mol. The molecule has 2 aromatic carbocycles. The van der Waals surface area contributed by atoms with Gasteiger partial charge in [0.15, 0.2) is 11.2 Å². The van der Waals surface area contributed by atoms with Crippen molar-refractivity contribution in [3.05, 3.63) is 98.3 Å². The number of alkyl halides is 3. The molecule has 3 rings (SSSR count). The standard InChI is InChI=1S/C26H23Cl2F3N2O6/c1-13(9-19(27)18(12-32)23(34)37-4)38-16-6-7-17(20(28)11-16)14(2)25(36,26(29,30)31)15-5-8-22-21(10-15)33(3)24(35)39-22/h5-12,14,36H,1,32H2,2-4H3/b18-12+,19-9+/t14-,25-/m1/s1. The van der Waals surface area contributed by atoms with Crippen molar-refractivity contribution in [2.75, 3.05) is 7.11 Å². The van der Waals surface area contributed by atoms with Crippen molar-refractivity contribution in [1.29, 1.82) is 0 Å². The molecule has 0 radical (unpaired) electrons. The molecule has 0 aliphatic rings. The lowest BCUT2D eigenvalue weighted by Gasteiger charge is -2.37. The van der Waals surface area contributed by atoms with E-state index in [1.165, 1.54) is 44.3 Å². The molecule has 0 saturated carbocycles. The Morgan fingerprint density at radius 1 is 1.26 bits per heavy atom. The number of nitrogens with two attached hydrogens (primary N) is 1. The molecule has 0 aliphatic carbocycles. The molecule has 0 saturated heterocycles. The van der Waals surface area contributed by atoms with Crippen LogP contribution in [0, 0.1) is 0 Å². The van der Waals surface area contributed by atoms with Gasteiger partial charge < -0.3 is 24.7 Å². The third-order valence-corrected chi connectivity index (χ3v) is 6.73. The third-order valence-electron chi connectivity index (χ3n) is 6.09. The van der Waals surface area contributed by atoms with E-state index in [-0.39, 0.29) is 43.8 Å². The minimum atomic E-state index is -5.13. The van der Waals surface area contributed by atoms with Gasteiger partial charge in [0.2, 0.25) is 0 Å². The number of rotatable bonds is 8. The molecular formula is C26H23Cl2F3N2O6. The molecule has 2 atom stereocenters. The molecule has 39 heavy (non-hydrogen) atoms. The summed E-state index contributed by atoms with van der Waals surface area (Å²) in [7, 11) is 2.48. The van der Waals surface area contributed by atoms with Crippen LogP contribution in [0.5, 0.6) is 5.75 Å². The second kappa shape index (κ2) is 11.2. The SMILES string of the molecule is C=C(/C=C(Cl)\C(=C/N)C(=O)OC)Oc1ccc([C@@H](C)[C@@](O)(c2ccc3oc(=O)n(C)c3c2)C(F)(F)F)c(Cl)c1. The van der Waals surface area contributed by atoms with Crippen LogP contribution in [0.3, 0.4) is 0 Å². The lowest BCUT2D eigenvalue weighted by Crippen LogP contribution is -2.46. The van der Waals surface area contributed by atoms with Crippen molar-refractivity contribution in [3.63, 3.8) is 0 Å². The van der Waals surface area contributed by atoms with Crippen LogP contribution in [0.15, 0.2) is 80.8 Å². The molecule has 1 heterocycles. The molecule has 0 spiro atoms. The van der Waals surface area contributed by atoms with Crippen molar-refractivity contribution >= 4 is 40.3 Å². The fraction of sp³-hybridized carbons (Fsp3) is 0.231. The molecule has 0 amide bonds. The van der Waals surface area contributed by atoms with Crippen molar-refractivity contribution < 1.29 is 37.0 Å². The first-order chi connectivity index (χ1) is 18.1. The van der Waals surface area contributed by atoms with Gasteiger partial charge in [-0.05, 0) is 41.5 Å². The van der Waals surface area contributed by atoms with E-state index in [0.717, 1.165) is 30.0 Å². The molecule has 3 N–H and O–H groups in total. The highest BCUT2D eigenvalue weighted by Crippen LogP contribution is 2.50. The molecule has 208 valence electrons.